The van der Waals surface area contributed by atoms with Crippen LogP contribution in [0.25, 0.3) is 0 Å². The van der Waals surface area contributed by atoms with Gasteiger partial charge >= 0.3 is 0 Å². The van der Waals surface area contributed by atoms with Gasteiger partial charge in [-0.2, -0.15) is 0 Å². The van der Waals surface area contributed by atoms with E-state index in [-0.39, 0.29) is 24.0 Å². The number of ether oxygens (including phenoxy) is 2. The fraction of sp³-hybridized carbons (Fsp3) is 0.562. The zero-order valence-electron chi connectivity index (χ0n) is 12.1. The number of morpholine rings is 1. The van der Waals surface area contributed by atoms with Crippen LogP contribution in [0, 0.1) is 5.92 Å². The summed E-state index contributed by atoms with van der Waals surface area (Å²) in [5.74, 6) is 1.01. The third-order valence-corrected chi connectivity index (χ3v) is 4.91. The Hall–Kier alpha value is -1.07. The van der Waals surface area contributed by atoms with Gasteiger partial charge in [-0.05, 0) is 25.0 Å². The Bertz CT molecular complexity index is 522. The number of rotatable bonds is 2. The van der Waals surface area contributed by atoms with Gasteiger partial charge < -0.3 is 14.4 Å². The largest absolute Gasteiger partial charge is 0.492 e. The first-order valence-electron chi connectivity index (χ1n) is 7.37. The van der Waals surface area contributed by atoms with Crippen molar-refractivity contribution in [1.29, 1.82) is 0 Å². The molecule has 1 aromatic carbocycles. The van der Waals surface area contributed by atoms with Crippen molar-refractivity contribution in [3.05, 3.63) is 29.8 Å². The van der Waals surface area contributed by atoms with Crippen LogP contribution >= 0.6 is 15.9 Å². The van der Waals surface area contributed by atoms with Crippen molar-refractivity contribution in [2.75, 3.05) is 25.1 Å². The van der Waals surface area contributed by atoms with E-state index in [1.165, 1.54) is 0 Å². The quantitative estimate of drug-likeness (QED) is 0.765. The minimum Gasteiger partial charge on any atom is -0.492 e. The number of amides is 1. The van der Waals surface area contributed by atoms with Crippen molar-refractivity contribution in [2.24, 2.45) is 5.92 Å². The fourth-order valence-electron chi connectivity index (χ4n) is 2.94. The summed E-state index contributed by atoms with van der Waals surface area (Å²) in [5, 5.41) is 0.757. The molecule has 4 nitrogen and oxygen atoms in total. The second-order valence-electron chi connectivity index (χ2n) is 5.77. The zero-order chi connectivity index (χ0) is 14.8. The third-order valence-electron chi connectivity index (χ3n) is 4.19. The Morgan fingerprint density at radius 1 is 1.38 bits per heavy atom. The molecule has 0 N–H and O–H groups in total. The summed E-state index contributed by atoms with van der Waals surface area (Å²) in [4.78, 5) is 14.8. The molecule has 3 atom stereocenters. The predicted octanol–water partition coefficient (Wildman–Crippen LogP) is 2.25. The van der Waals surface area contributed by atoms with Crippen molar-refractivity contribution < 1.29 is 14.3 Å². The standard InChI is InChI=1S/C16H20BrNO3/c1-11-9-20-14(7-17)8-18(11)16(19)13-6-12-4-2-3-5-15(12)21-10-13/h2-5,11,13-14H,6-10H2,1H3. The lowest BCUT2D eigenvalue weighted by atomic mass is 9.94. The van der Waals surface area contributed by atoms with Gasteiger partial charge in [0, 0.05) is 11.9 Å². The van der Waals surface area contributed by atoms with Gasteiger partial charge in [0.1, 0.15) is 12.4 Å². The Kier molecular flexibility index (Phi) is 4.50. The number of halogens is 1. The van der Waals surface area contributed by atoms with Crippen molar-refractivity contribution in [3.63, 3.8) is 0 Å². The molecule has 1 amide bonds. The highest BCUT2D eigenvalue weighted by Gasteiger charge is 2.35. The van der Waals surface area contributed by atoms with Gasteiger partial charge in [0.05, 0.1) is 24.7 Å². The van der Waals surface area contributed by atoms with E-state index < -0.39 is 0 Å². The van der Waals surface area contributed by atoms with Gasteiger partial charge in [-0.1, -0.05) is 34.1 Å². The number of hydrogen-bond donors (Lipinski definition) is 0. The Morgan fingerprint density at radius 2 is 2.19 bits per heavy atom. The van der Waals surface area contributed by atoms with E-state index in [2.05, 4.69) is 15.9 Å². The third kappa shape index (κ3) is 3.09. The molecule has 1 aromatic rings. The number of carbonyl (C=O) groups is 1. The highest BCUT2D eigenvalue weighted by molar-refractivity contribution is 9.09. The van der Waals surface area contributed by atoms with Crippen molar-refractivity contribution in [1.82, 2.24) is 4.90 Å². The maximum Gasteiger partial charge on any atom is 0.229 e. The Morgan fingerprint density at radius 3 is 3.00 bits per heavy atom. The zero-order valence-corrected chi connectivity index (χ0v) is 13.7. The summed E-state index contributed by atoms with van der Waals surface area (Å²) in [6.45, 7) is 3.77. The molecule has 114 valence electrons. The Labute approximate surface area is 133 Å². The minimum absolute atomic E-state index is 0.0851. The normalized spacial score (nSPS) is 28.7. The first-order valence-corrected chi connectivity index (χ1v) is 8.50. The molecule has 2 aliphatic heterocycles. The molecule has 2 heterocycles. The van der Waals surface area contributed by atoms with Crippen LogP contribution in [0.2, 0.25) is 0 Å². The molecule has 21 heavy (non-hydrogen) atoms. The smallest absolute Gasteiger partial charge is 0.229 e. The van der Waals surface area contributed by atoms with Gasteiger partial charge in [-0.15, -0.1) is 0 Å². The summed E-state index contributed by atoms with van der Waals surface area (Å²) in [6, 6.07) is 8.09. The van der Waals surface area contributed by atoms with Crippen LogP contribution in [0.5, 0.6) is 5.75 Å². The van der Waals surface area contributed by atoms with Crippen LogP contribution in [-0.4, -0.2) is 48.0 Å². The van der Waals surface area contributed by atoms with Gasteiger partial charge in [-0.3, -0.25) is 4.79 Å². The molecule has 1 fully saturated rings. The van der Waals surface area contributed by atoms with Gasteiger partial charge in [0.25, 0.3) is 0 Å². The number of fused-ring (bicyclic) bond motifs is 1. The van der Waals surface area contributed by atoms with Crippen LogP contribution in [0.4, 0.5) is 0 Å². The summed E-state index contributed by atoms with van der Waals surface area (Å²) >= 11 is 3.44. The number of para-hydroxylation sites is 1. The Balaban J connectivity index is 1.71. The first kappa shape index (κ1) is 14.9. The van der Waals surface area contributed by atoms with E-state index in [1.54, 1.807) is 0 Å². The summed E-state index contributed by atoms with van der Waals surface area (Å²) in [5.41, 5.74) is 1.13. The van der Waals surface area contributed by atoms with Crippen LogP contribution in [0.1, 0.15) is 12.5 Å². The number of alkyl halides is 1. The van der Waals surface area contributed by atoms with Crippen molar-refractivity contribution in [2.45, 2.75) is 25.5 Å². The summed E-state index contributed by atoms with van der Waals surface area (Å²) in [6.07, 6.45) is 0.847. The molecule has 2 aliphatic rings. The number of hydrogen-bond acceptors (Lipinski definition) is 3. The van der Waals surface area contributed by atoms with Crippen LogP contribution < -0.4 is 4.74 Å². The predicted molar refractivity (Wildman–Crippen MR) is 83.8 cm³/mol. The van der Waals surface area contributed by atoms with Crippen LogP contribution in [0.15, 0.2) is 24.3 Å². The molecule has 0 saturated carbocycles. The fourth-order valence-corrected chi connectivity index (χ4v) is 3.33. The number of carbonyl (C=O) groups excluding carboxylic acids is 1. The van der Waals surface area contributed by atoms with Crippen LogP contribution in [-0.2, 0) is 16.0 Å². The topological polar surface area (TPSA) is 38.8 Å². The monoisotopic (exact) mass is 353 g/mol. The molecule has 1 saturated heterocycles. The van der Waals surface area contributed by atoms with Gasteiger partial charge in [-0.25, -0.2) is 0 Å². The van der Waals surface area contributed by atoms with Crippen molar-refractivity contribution >= 4 is 21.8 Å². The summed E-state index contributed by atoms with van der Waals surface area (Å²) in [7, 11) is 0. The maximum absolute atomic E-state index is 12.8. The van der Waals surface area contributed by atoms with E-state index >= 15 is 0 Å². The summed E-state index contributed by atoms with van der Waals surface area (Å²) < 4.78 is 11.4. The van der Waals surface area contributed by atoms with E-state index in [1.807, 2.05) is 36.1 Å². The molecule has 3 rings (SSSR count). The molecule has 0 bridgehead atoms. The van der Waals surface area contributed by atoms with E-state index in [4.69, 9.17) is 9.47 Å². The minimum atomic E-state index is -0.0866. The molecule has 0 aliphatic carbocycles. The molecular weight excluding hydrogens is 334 g/mol. The number of benzene rings is 1. The SMILES string of the molecule is CC1COC(CBr)CN1C(=O)C1COc2ccccc2C1. The molecule has 0 spiro atoms. The maximum atomic E-state index is 12.8. The average molecular weight is 354 g/mol. The second kappa shape index (κ2) is 6.36. The lowest BCUT2D eigenvalue weighted by Crippen LogP contribution is -2.54. The van der Waals surface area contributed by atoms with Crippen molar-refractivity contribution in [3.8, 4) is 5.75 Å². The highest BCUT2D eigenvalue weighted by atomic mass is 79.9. The van der Waals surface area contributed by atoms with Gasteiger partial charge in [0.15, 0.2) is 0 Å². The van der Waals surface area contributed by atoms with E-state index in [0.29, 0.717) is 19.8 Å². The second-order valence-corrected chi connectivity index (χ2v) is 6.42. The first-order chi connectivity index (χ1) is 10.2. The van der Waals surface area contributed by atoms with E-state index in [0.717, 1.165) is 23.1 Å². The van der Waals surface area contributed by atoms with Crippen LogP contribution in [0.3, 0.4) is 0 Å². The molecule has 0 radical (unpaired) electrons. The average Bonchev–Trinajstić information content (AvgIpc) is 2.54. The lowest BCUT2D eigenvalue weighted by molar-refractivity contribution is -0.148. The molecular formula is C16H20BrNO3. The molecule has 3 unspecified atom stereocenters. The lowest BCUT2D eigenvalue weighted by Gasteiger charge is -2.40. The van der Waals surface area contributed by atoms with Gasteiger partial charge in [0.2, 0.25) is 5.91 Å². The molecule has 0 aromatic heterocycles. The van der Waals surface area contributed by atoms with E-state index in [9.17, 15) is 4.79 Å². The highest BCUT2D eigenvalue weighted by Crippen LogP contribution is 2.28. The molecule has 5 heteroatoms. The number of nitrogens with zero attached hydrogens (tertiary/aromatic N) is 1.